The van der Waals surface area contributed by atoms with Gasteiger partial charge in [-0.3, -0.25) is 10.1 Å². The number of aliphatic hydroxyl groups is 1. The summed E-state index contributed by atoms with van der Waals surface area (Å²) in [5.41, 5.74) is -2.08. The predicted octanol–water partition coefficient (Wildman–Crippen LogP) is 1.56. The van der Waals surface area contributed by atoms with Crippen molar-refractivity contribution in [1.29, 1.82) is 0 Å². The lowest BCUT2D eigenvalue weighted by molar-refractivity contribution is -0.388. The van der Waals surface area contributed by atoms with Crippen molar-refractivity contribution >= 4 is 15.7 Å². The third kappa shape index (κ3) is 4.19. The Kier molecular flexibility index (Phi) is 5.37. The van der Waals surface area contributed by atoms with Crippen molar-refractivity contribution in [1.82, 2.24) is 4.72 Å². The van der Waals surface area contributed by atoms with Crippen LogP contribution in [0.1, 0.15) is 26.7 Å². The van der Waals surface area contributed by atoms with Crippen molar-refractivity contribution < 1.29 is 22.8 Å². The molecule has 1 rings (SSSR count). The maximum absolute atomic E-state index is 13.0. The quantitative estimate of drug-likeness (QED) is 0.585. The Labute approximate surface area is 122 Å². The molecule has 1 aromatic rings. The van der Waals surface area contributed by atoms with Gasteiger partial charge >= 0.3 is 0 Å². The molecule has 0 saturated carbocycles. The van der Waals surface area contributed by atoms with Gasteiger partial charge in [-0.15, -0.1) is 0 Å². The average molecular weight is 320 g/mol. The molecule has 0 saturated heterocycles. The molecule has 0 fully saturated rings. The molecule has 21 heavy (non-hydrogen) atoms. The van der Waals surface area contributed by atoms with Gasteiger partial charge in [0.1, 0.15) is 5.82 Å². The van der Waals surface area contributed by atoms with Crippen molar-refractivity contribution in [3.05, 3.63) is 34.1 Å². The fourth-order valence-electron chi connectivity index (χ4n) is 1.67. The molecule has 9 heteroatoms. The number of sulfonamides is 1. The first-order valence-corrected chi connectivity index (χ1v) is 7.79. The number of nitrogens with one attached hydrogen (secondary N) is 1. The van der Waals surface area contributed by atoms with Gasteiger partial charge in [0.2, 0.25) is 10.0 Å². The third-order valence-corrected chi connectivity index (χ3v) is 4.76. The maximum atomic E-state index is 13.0. The highest BCUT2D eigenvalue weighted by Gasteiger charge is 2.30. The van der Waals surface area contributed by atoms with Gasteiger partial charge in [0, 0.05) is 6.54 Å². The fraction of sp³-hybridized carbons (Fsp3) is 0.500. The lowest BCUT2D eigenvalue weighted by atomic mass is 9.98. The molecule has 0 unspecified atom stereocenters. The van der Waals surface area contributed by atoms with Crippen LogP contribution in [0.2, 0.25) is 0 Å². The van der Waals surface area contributed by atoms with Crippen LogP contribution in [-0.2, 0) is 10.0 Å². The molecule has 0 amide bonds. The van der Waals surface area contributed by atoms with Crippen molar-refractivity contribution in [2.24, 2.45) is 0 Å². The summed E-state index contributed by atoms with van der Waals surface area (Å²) in [4.78, 5) is 9.23. The average Bonchev–Trinajstić information content (AvgIpc) is 2.44. The van der Waals surface area contributed by atoms with Gasteiger partial charge in [0.25, 0.3) is 5.69 Å². The lowest BCUT2D eigenvalue weighted by Gasteiger charge is -2.25. The van der Waals surface area contributed by atoms with E-state index < -0.39 is 36.9 Å². The molecule has 0 aliphatic heterocycles. The van der Waals surface area contributed by atoms with E-state index in [4.69, 9.17) is 0 Å². The van der Waals surface area contributed by atoms with E-state index in [0.29, 0.717) is 18.9 Å². The van der Waals surface area contributed by atoms with Crippen LogP contribution in [0.4, 0.5) is 10.1 Å². The van der Waals surface area contributed by atoms with Crippen LogP contribution in [0, 0.1) is 15.9 Å². The van der Waals surface area contributed by atoms with E-state index in [1.54, 1.807) is 13.8 Å². The zero-order valence-electron chi connectivity index (χ0n) is 11.7. The molecule has 0 aliphatic rings. The van der Waals surface area contributed by atoms with Crippen LogP contribution >= 0.6 is 0 Å². The number of benzene rings is 1. The molecule has 0 bridgehead atoms. The Balaban J connectivity index is 3.12. The molecular formula is C12H17FN2O5S. The van der Waals surface area contributed by atoms with Crippen molar-refractivity contribution in [2.75, 3.05) is 6.54 Å². The van der Waals surface area contributed by atoms with E-state index >= 15 is 0 Å². The third-order valence-electron chi connectivity index (χ3n) is 3.31. The molecule has 118 valence electrons. The molecule has 1 aromatic carbocycles. The first-order valence-electron chi connectivity index (χ1n) is 6.31. The molecule has 0 atom stereocenters. The van der Waals surface area contributed by atoms with Crippen LogP contribution in [-0.4, -0.2) is 30.6 Å². The Morgan fingerprint density at radius 1 is 1.38 bits per heavy atom. The minimum Gasteiger partial charge on any atom is -0.389 e. The Hall–Kier alpha value is -1.58. The van der Waals surface area contributed by atoms with E-state index in [1.807, 2.05) is 0 Å². The summed E-state index contributed by atoms with van der Waals surface area (Å²) in [6, 6.07) is 2.19. The summed E-state index contributed by atoms with van der Waals surface area (Å²) in [7, 11) is -4.22. The van der Waals surface area contributed by atoms with Gasteiger partial charge in [0.15, 0.2) is 4.90 Å². The summed E-state index contributed by atoms with van der Waals surface area (Å²) < 4.78 is 39.3. The number of nitro groups is 1. The maximum Gasteiger partial charge on any atom is 0.292 e. The normalized spacial score (nSPS) is 12.4. The zero-order chi connectivity index (χ0) is 16.3. The first kappa shape index (κ1) is 17.5. The number of hydrogen-bond acceptors (Lipinski definition) is 5. The number of rotatable bonds is 7. The molecule has 0 spiro atoms. The molecule has 0 heterocycles. The number of nitrogens with zero attached hydrogens (tertiary/aromatic N) is 1. The zero-order valence-corrected chi connectivity index (χ0v) is 12.5. The SMILES string of the molecule is CCC(O)(CC)CNS(=O)(=O)c1ccc(F)cc1[N+](=O)[O-]. The first-order chi connectivity index (χ1) is 9.65. The summed E-state index contributed by atoms with van der Waals surface area (Å²) in [6.45, 7) is 3.10. The van der Waals surface area contributed by atoms with E-state index in [2.05, 4.69) is 4.72 Å². The Morgan fingerprint density at radius 3 is 2.43 bits per heavy atom. The molecular weight excluding hydrogens is 303 g/mol. The lowest BCUT2D eigenvalue weighted by Crippen LogP contribution is -2.42. The largest absolute Gasteiger partial charge is 0.389 e. The van der Waals surface area contributed by atoms with Gasteiger partial charge in [-0.25, -0.2) is 17.5 Å². The second-order valence-corrected chi connectivity index (χ2v) is 6.36. The highest BCUT2D eigenvalue weighted by molar-refractivity contribution is 7.89. The smallest absolute Gasteiger partial charge is 0.292 e. The molecule has 7 nitrogen and oxygen atoms in total. The number of hydrogen-bond donors (Lipinski definition) is 2. The number of nitro benzene ring substituents is 1. The molecule has 2 N–H and O–H groups in total. The van der Waals surface area contributed by atoms with Crippen LogP contribution in [0.3, 0.4) is 0 Å². The van der Waals surface area contributed by atoms with Gasteiger partial charge in [0.05, 0.1) is 16.6 Å². The van der Waals surface area contributed by atoms with Gasteiger partial charge in [-0.05, 0) is 25.0 Å². The monoisotopic (exact) mass is 320 g/mol. The van der Waals surface area contributed by atoms with Crippen LogP contribution < -0.4 is 4.72 Å². The minimum absolute atomic E-state index is 0.281. The Morgan fingerprint density at radius 2 is 1.95 bits per heavy atom. The summed E-state index contributed by atoms with van der Waals surface area (Å²) >= 11 is 0. The topological polar surface area (TPSA) is 110 Å². The van der Waals surface area contributed by atoms with E-state index in [-0.39, 0.29) is 6.54 Å². The molecule has 0 radical (unpaired) electrons. The van der Waals surface area contributed by atoms with Gasteiger partial charge in [-0.2, -0.15) is 0 Å². The second kappa shape index (κ2) is 6.46. The predicted molar refractivity (Wildman–Crippen MR) is 73.8 cm³/mol. The van der Waals surface area contributed by atoms with E-state index in [9.17, 15) is 28.0 Å². The van der Waals surface area contributed by atoms with Crippen LogP contribution in [0.25, 0.3) is 0 Å². The second-order valence-electron chi connectivity index (χ2n) is 4.63. The number of halogens is 1. The highest BCUT2D eigenvalue weighted by Crippen LogP contribution is 2.25. The molecule has 0 aromatic heterocycles. The van der Waals surface area contributed by atoms with Crippen LogP contribution in [0.5, 0.6) is 0 Å². The standard InChI is InChI=1S/C12H17FN2O5S/c1-3-12(16,4-2)8-14-21(19,20)11-6-5-9(13)7-10(11)15(17)18/h5-7,14,16H,3-4,8H2,1-2H3. The minimum atomic E-state index is -4.22. The van der Waals surface area contributed by atoms with Crippen molar-refractivity contribution in [3.63, 3.8) is 0 Å². The van der Waals surface area contributed by atoms with E-state index in [0.717, 1.165) is 12.1 Å². The van der Waals surface area contributed by atoms with Gasteiger partial charge < -0.3 is 5.11 Å². The van der Waals surface area contributed by atoms with Crippen LogP contribution in [0.15, 0.2) is 23.1 Å². The summed E-state index contributed by atoms with van der Waals surface area (Å²) in [6.07, 6.45) is 0.634. The van der Waals surface area contributed by atoms with Crippen molar-refractivity contribution in [3.8, 4) is 0 Å². The van der Waals surface area contributed by atoms with Crippen molar-refractivity contribution in [2.45, 2.75) is 37.2 Å². The Bertz CT molecular complexity index is 629. The highest BCUT2D eigenvalue weighted by atomic mass is 32.2. The summed E-state index contributed by atoms with van der Waals surface area (Å²) in [5, 5.41) is 20.9. The summed E-state index contributed by atoms with van der Waals surface area (Å²) in [5.74, 6) is -0.903. The van der Waals surface area contributed by atoms with E-state index in [1.165, 1.54) is 0 Å². The molecule has 0 aliphatic carbocycles. The fourth-order valence-corrected chi connectivity index (χ4v) is 2.94. The van der Waals surface area contributed by atoms with Gasteiger partial charge in [-0.1, -0.05) is 13.8 Å².